The summed E-state index contributed by atoms with van der Waals surface area (Å²) in [6, 6.07) is 17.2. The van der Waals surface area contributed by atoms with Gasteiger partial charge in [0.15, 0.2) is 5.79 Å². The number of aryl methyl sites for hydroxylation is 1. The Labute approximate surface area is 240 Å². The Morgan fingerprint density at radius 1 is 1.05 bits per heavy atom. The number of oxazole rings is 1. The molecule has 1 atom stereocenters. The van der Waals surface area contributed by atoms with Crippen LogP contribution in [0, 0.1) is 35.4 Å². The van der Waals surface area contributed by atoms with E-state index in [1.807, 2.05) is 13.8 Å². The van der Waals surface area contributed by atoms with E-state index in [0.717, 1.165) is 0 Å². The summed E-state index contributed by atoms with van der Waals surface area (Å²) in [4.78, 5) is 8.91. The molecular weight excluding hydrogens is 545 g/mol. The van der Waals surface area contributed by atoms with Gasteiger partial charge in [0.25, 0.3) is 0 Å². The predicted octanol–water partition coefficient (Wildman–Crippen LogP) is 6.00. The summed E-state index contributed by atoms with van der Waals surface area (Å²) in [5.74, 6) is 0.934. The fourth-order valence-electron chi connectivity index (χ4n) is 4.36. The van der Waals surface area contributed by atoms with E-state index in [1.165, 1.54) is 23.9 Å². The zero-order valence-corrected chi connectivity index (χ0v) is 23.4. The summed E-state index contributed by atoms with van der Waals surface area (Å²) < 4.78 is 36.3. The number of hydrogen-bond donors (Lipinski definition) is 1. The van der Waals surface area contributed by atoms with E-state index in [4.69, 9.17) is 24.4 Å². The molecule has 11 heteroatoms. The summed E-state index contributed by atoms with van der Waals surface area (Å²) in [5.41, 5.74) is 8.84. The number of anilines is 1. The Bertz CT molecular complexity index is 1660. The van der Waals surface area contributed by atoms with Crippen molar-refractivity contribution >= 4 is 17.6 Å². The fourth-order valence-corrected chi connectivity index (χ4v) is 5.35. The highest BCUT2D eigenvalue weighted by Gasteiger charge is 2.33. The van der Waals surface area contributed by atoms with E-state index >= 15 is 0 Å². The lowest BCUT2D eigenvalue weighted by Gasteiger charge is -2.17. The van der Waals surface area contributed by atoms with Crippen molar-refractivity contribution in [1.82, 2.24) is 9.97 Å². The molecule has 3 heterocycles. The highest BCUT2D eigenvalue weighted by Crippen LogP contribution is 2.38. The number of benzene rings is 2. The average Bonchev–Trinajstić information content (AvgIpc) is 3.51. The Morgan fingerprint density at radius 2 is 1.73 bits per heavy atom. The van der Waals surface area contributed by atoms with Gasteiger partial charge in [0, 0.05) is 16.9 Å². The molecule has 0 bridgehead atoms. The Kier molecular flexibility index (Phi) is 7.95. The molecule has 0 amide bonds. The highest BCUT2D eigenvalue weighted by atomic mass is 32.2. The lowest BCUT2D eigenvalue weighted by molar-refractivity contribution is -0.141. The van der Waals surface area contributed by atoms with E-state index in [1.54, 1.807) is 43.3 Å². The van der Waals surface area contributed by atoms with Gasteiger partial charge in [0.2, 0.25) is 5.89 Å². The van der Waals surface area contributed by atoms with Gasteiger partial charge < -0.3 is 24.4 Å². The van der Waals surface area contributed by atoms with E-state index in [9.17, 15) is 14.9 Å². The van der Waals surface area contributed by atoms with Gasteiger partial charge in [-0.15, -0.1) is 0 Å². The van der Waals surface area contributed by atoms with E-state index in [2.05, 4.69) is 22.1 Å². The molecular formula is C30H26FN5O4S. The van der Waals surface area contributed by atoms with Crippen molar-refractivity contribution in [1.29, 1.82) is 10.5 Å². The number of ether oxygens (including phenoxy) is 3. The maximum absolute atomic E-state index is 13.3. The molecule has 4 aromatic rings. The van der Waals surface area contributed by atoms with Gasteiger partial charge in [-0.3, -0.25) is 0 Å². The molecule has 0 aliphatic carbocycles. The number of hydrogen-bond acceptors (Lipinski definition) is 10. The third-order valence-corrected chi connectivity index (χ3v) is 7.38. The number of nitrogen functional groups attached to an aromatic ring is 1. The number of nitrogens with zero attached hydrogens (tertiary/aromatic N) is 4. The summed E-state index contributed by atoms with van der Waals surface area (Å²) in [6.07, 6.45) is -0.181. The van der Waals surface area contributed by atoms with Gasteiger partial charge in [-0.2, -0.15) is 10.5 Å². The first-order chi connectivity index (χ1) is 19.7. The smallest absolute Gasteiger partial charge is 0.226 e. The summed E-state index contributed by atoms with van der Waals surface area (Å²) in [7, 11) is 0. The molecule has 208 valence electrons. The summed E-state index contributed by atoms with van der Waals surface area (Å²) >= 11 is 1.26. The van der Waals surface area contributed by atoms with Crippen LogP contribution in [-0.4, -0.2) is 35.1 Å². The number of nitriles is 2. The highest BCUT2D eigenvalue weighted by molar-refractivity contribution is 7.98. The largest absolute Gasteiger partial charge is 0.491 e. The van der Waals surface area contributed by atoms with E-state index < -0.39 is 5.79 Å². The zero-order valence-electron chi connectivity index (χ0n) is 22.6. The lowest BCUT2D eigenvalue weighted by Crippen LogP contribution is -2.25. The molecule has 0 unspecified atom stereocenters. The first kappa shape index (κ1) is 28.1. The first-order valence-electron chi connectivity index (χ1n) is 12.7. The van der Waals surface area contributed by atoms with Crippen LogP contribution in [0.4, 0.5) is 10.2 Å². The number of nitrogens with two attached hydrogens (primary N) is 1. The Morgan fingerprint density at radius 3 is 2.37 bits per heavy atom. The molecule has 41 heavy (non-hydrogen) atoms. The number of halogens is 1. The van der Waals surface area contributed by atoms with Crippen molar-refractivity contribution in [3.05, 3.63) is 76.9 Å². The maximum atomic E-state index is 13.3. The Hall–Kier alpha value is -4.42. The number of thioether (sulfide) groups is 1. The molecule has 1 aliphatic rings. The van der Waals surface area contributed by atoms with Crippen molar-refractivity contribution in [2.75, 3.05) is 18.9 Å². The minimum Gasteiger partial charge on any atom is -0.491 e. The third-order valence-electron chi connectivity index (χ3n) is 6.39. The van der Waals surface area contributed by atoms with Gasteiger partial charge >= 0.3 is 0 Å². The second-order valence-electron chi connectivity index (χ2n) is 9.75. The molecule has 0 saturated carbocycles. The number of rotatable bonds is 8. The van der Waals surface area contributed by atoms with Crippen LogP contribution in [-0.2, 0) is 15.2 Å². The normalized spacial score (nSPS) is 15.8. The first-order valence-corrected chi connectivity index (χ1v) is 13.7. The zero-order chi connectivity index (χ0) is 29.1. The molecule has 2 aromatic carbocycles. The minimum atomic E-state index is -0.631. The third kappa shape index (κ3) is 6.18. The van der Waals surface area contributed by atoms with Crippen molar-refractivity contribution in [2.45, 2.75) is 43.4 Å². The van der Waals surface area contributed by atoms with Crippen LogP contribution in [0.3, 0.4) is 0 Å². The van der Waals surface area contributed by atoms with Crippen molar-refractivity contribution in [3.63, 3.8) is 0 Å². The average molecular weight is 572 g/mol. The molecule has 9 nitrogen and oxygen atoms in total. The Balaban J connectivity index is 1.37. The quantitative estimate of drug-likeness (QED) is 0.250. The van der Waals surface area contributed by atoms with Gasteiger partial charge in [-0.1, -0.05) is 23.9 Å². The minimum absolute atomic E-state index is 0.0224. The van der Waals surface area contributed by atoms with Crippen molar-refractivity contribution in [2.24, 2.45) is 0 Å². The number of pyridine rings is 1. The van der Waals surface area contributed by atoms with Gasteiger partial charge in [0.05, 0.1) is 17.9 Å². The van der Waals surface area contributed by atoms with Gasteiger partial charge in [-0.05, 0) is 62.7 Å². The second kappa shape index (κ2) is 11.6. The van der Waals surface area contributed by atoms with Crippen LogP contribution in [0.25, 0.3) is 22.6 Å². The topological polar surface area (TPSA) is 140 Å². The van der Waals surface area contributed by atoms with Crippen LogP contribution in [0.1, 0.15) is 36.4 Å². The summed E-state index contributed by atoms with van der Waals surface area (Å²) in [5, 5.41) is 20.4. The van der Waals surface area contributed by atoms with Crippen LogP contribution in [0.2, 0.25) is 0 Å². The molecule has 2 N–H and O–H groups in total. The summed E-state index contributed by atoms with van der Waals surface area (Å²) in [6.45, 7) is 6.26. The number of aromatic nitrogens is 2. The maximum Gasteiger partial charge on any atom is 0.226 e. The van der Waals surface area contributed by atoms with Gasteiger partial charge in [-0.25, -0.2) is 14.4 Å². The molecule has 1 saturated heterocycles. The van der Waals surface area contributed by atoms with Gasteiger partial charge in [0.1, 0.15) is 58.6 Å². The van der Waals surface area contributed by atoms with E-state index in [-0.39, 0.29) is 28.9 Å². The molecule has 0 radical (unpaired) electrons. The second-order valence-corrected chi connectivity index (χ2v) is 10.7. The van der Waals surface area contributed by atoms with Crippen LogP contribution in [0.15, 0.2) is 58.0 Å². The molecule has 5 rings (SSSR count). The standard InChI is InChI=1S/C30H26FN5O4S/c1-17-25(35-28(39-17)19-4-8-20(31)9-5-19)16-41-29-24(13-33)26(23(12-32)27(34)36-29)18-6-10-21(11-7-18)37-14-22-15-38-30(2,3)40-22/h4-11,22H,14-16H2,1-3H3,(H2,34,36)/t22-/m0/s1. The molecule has 1 aliphatic heterocycles. The van der Waals surface area contributed by atoms with E-state index in [0.29, 0.717) is 63.8 Å². The van der Waals surface area contributed by atoms with Crippen LogP contribution < -0.4 is 10.5 Å². The SMILES string of the molecule is Cc1oc(-c2ccc(F)cc2)nc1CSc1nc(N)c(C#N)c(-c2ccc(OC[C@H]3COC(C)(C)O3)cc2)c1C#N. The van der Waals surface area contributed by atoms with Crippen molar-refractivity contribution < 1.29 is 23.0 Å². The lowest BCUT2D eigenvalue weighted by atomic mass is 9.97. The monoisotopic (exact) mass is 571 g/mol. The molecule has 2 aromatic heterocycles. The van der Waals surface area contributed by atoms with Crippen LogP contribution in [0.5, 0.6) is 5.75 Å². The fraction of sp³-hybridized carbons (Fsp3) is 0.267. The molecule has 1 fully saturated rings. The van der Waals surface area contributed by atoms with Crippen LogP contribution >= 0.6 is 11.8 Å². The predicted molar refractivity (Wildman–Crippen MR) is 150 cm³/mol. The van der Waals surface area contributed by atoms with Crippen molar-refractivity contribution in [3.8, 4) is 40.5 Å². The molecule has 0 spiro atoms.